The van der Waals surface area contributed by atoms with Crippen LogP contribution >= 0.6 is 11.6 Å². The molecule has 1 aliphatic heterocycles. The zero-order valence-electron chi connectivity index (χ0n) is 22.8. The highest BCUT2D eigenvalue weighted by Crippen LogP contribution is 2.35. The second kappa shape index (κ2) is 11.1. The molecular formula is C29H35ClN4O4. The molecule has 38 heavy (non-hydrogen) atoms. The van der Waals surface area contributed by atoms with Crippen LogP contribution in [0, 0.1) is 13.8 Å². The maximum Gasteiger partial charge on any atom is 0.410 e. The van der Waals surface area contributed by atoms with E-state index in [1.807, 2.05) is 63.6 Å². The molecule has 2 amide bonds. The van der Waals surface area contributed by atoms with E-state index in [0.717, 1.165) is 22.5 Å². The second-order valence-corrected chi connectivity index (χ2v) is 11.1. The minimum Gasteiger partial charge on any atom is -0.495 e. The van der Waals surface area contributed by atoms with Crippen molar-refractivity contribution < 1.29 is 19.1 Å². The van der Waals surface area contributed by atoms with Crippen LogP contribution in [0.25, 0.3) is 5.69 Å². The van der Waals surface area contributed by atoms with E-state index >= 15 is 0 Å². The van der Waals surface area contributed by atoms with Gasteiger partial charge in [-0.2, -0.15) is 5.10 Å². The fourth-order valence-corrected chi connectivity index (χ4v) is 4.75. The van der Waals surface area contributed by atoms with Gasteiger partial charge in [0.15, 0.2) is 0 Å². The molecule has 0 saturated carbocycles. The largest absolute Gasteiger partial charge is 0.495 e. The van der Waals surface area contributed by atoms with Crippen LogP contribution in [0.2, 0.25) is 5.02 Å². The molecular weight excluding hydrogens is 504 g/mol. The quantitative estimate of drug-likeness (QED) is 0.400. The molecule has 202 valence electrons. The molecule has 0 bridgehead atoms. The van der Waals surface area contributed by atoms with Crippen molar-refractivity contribution in [3.8, 4) is 11.4 Å². The SMILES string of the molecule is COc1cc(Cl)c(C)cc1NC(=O)c1cnn(-c2ccc(C)cc2)c1C1CCN(C(=O)OC(C)(C)C)CC1. The summed E-state index contributed by atoms with van der Waals surface area (Å²) in [5, 5.41) is 8.18. The van der Waals surface area contributed by atoms with E-state index in [-0.39, 0.29) is 17.9 Å². The molecule has 8 nitrogen and oxygen atoms in total. The van der Waals surface area contributed by atoms with Gasteiger partial charge in [0, 0.05) is 30.1 Å². The normalized spacial score (nSPS) is 14.3. The van der Waals surface area contributed by atoms with E-state index in [9.17, 15) is 9.59 Å². The number of piperidine rings is 1. The summed E-state index contributed by atoms with van der Waals surface area (Å²) in [6.45, 7) is 10.5. The number of nitrogens with zero attached hydrogens (tertiary/aromatic N) is 3. The van der Waals surface area contributed by atoms with Crippen LogP contribution in [-0.4, -0.2) is 52.5 Å². The van der Waals surface area contributed by atoms with Crippen molar-refractivity contribution in [1.29, 1.82) is 0 Å². The Kier molecular flexibility index (Phi) is 8.02. The molecule has 9 heteroatoms. The minimum absolute atomic E-state index is 0.0205. The van der Waals surface area contributed by atoms with E-state index in [2.05, 4.69) is 10.4 Å². The maximum absolute atomic E-state index is 13.6. The molecule has 2 heterocycles. The lowest BCUT2D eigenvalue weighted by Gasteiger charge is -2.34. The average molecular weight is 539 g/mol. The van der Waals surface area contributed by atoms with Crippen molar-refractivity contribution in [2.45, 2.75) is 59.0 Å². The van der Waals surface area contributed by atoms with Crippen LogP contribution in [-0.2, 0) is 4.74 Å². The lowest BCUT2D eigenvalue weighted by atomic mass is 9.90. The standard InChI is InChI=1S/C29H35ClN4O4/c1-18-7-9-21(10-8-18)34-26(20-11-13-33(14-12-20)28(36)38-29(3,4)5)22(17-31-34)27(35)32-24-15-19(2)23(30)16-25(24)37-6/h7-10,15-17,20H,11-14H2,1-6H3,(H,32,35). The van der Waals surface area contributed by atoms with Crippen molar-refractivity contribution in [3.63, 3.8) is 0 Å². The fraction of sp³-hybridized carbons (Fsp3) is 0.414. The van der Waals surface area contributed by atoms with Crippen LogP contribution in [0.15, 0.2) is 42.6 Å². The smallest absolute Gasteiger partial charge is 0.410 e. The fourth-order valence-electron chi connectivity index (χ4n) is 4.60. The van der Waals surface area contributed by atoms with Gasteiger partial charge in [0.25, 0.3) is 5.91 Å². The van der Waals surface area contributed by atoms with Gasteiger partial charge in [-0.15, -0.1) is 0 Å². The molecule has 0 atom stereocenters. The van der Waals surface area contributed by atoms with Gasteiger partial charge >= 0.3 is 6.09 Å². The number of aromatic nitrogens is 2. The van der Waals surface area contributed by atoms with Crippen molar-refractivity contribution >= 4 is 29.3 Å². The second-order valence-electron chi connectivity index (χ2n) is 10.7. The molecule has 0 unspecified atom stereocenters. The summed E-state index contributed by atoms with van der Waals surface area (Å²) >= 11 is 6.25. The number of methoxy groups -OCH3 is 1. The van der Waals surface area contributed by atoms with Crippen LogP contribution in [0.5, 0.6) is 5.75 Å². The molecule has 4 rings (SSSR count). The van der Waals surface area contributed by atoms with Crippen molar-refractivity contribution in [3.05, 3.63) is 70.0 Å². The Morgan fingerprint density at radius 3 is 2.34 bits per heavy atom. The predicted octanol–water partition coefficient (Wildman–Crippen LogP) is 6.52. The Morgan fingerprint density at radius 2 is 1.74 bits per heavy atom. The first-order valence-corrected chi connectivity index (χ1v) is 13.1. The van der Waals surface area contributed by atoms with Crippen LogP contribution in [0.3, 0.4) is 0 Å². The molecule has 0 radical (unpaired) electrons. The molecule has 1 aromatic heterocycles. The number of aryl methyl sites for hydroxylation is 2. The first-order chi connectivity index (χ1) is 18.0. The Bertz CT molecular complexity index is 1320. The molecule has 1 fully saturated rings. The molecule has 2 aromatic carbocycles. The molecule has 0 spiro atoms. The summed E-state index contributed by atoms with van der Waals surface area (Å²) in [6.07, 6.45) is 2.66. The number of hydrogen-bond acceptors (Lipinski definition) is 5. The number of benzene rings is 2. The van der Waals surface area contributed by atoms with Gasteiger partial charge < -0.3 is 19.7 Å². The van der Waals surface area contributed by atoms with Crippen molar-refractivity contribution in [2.24, 2.45) is 0 Å². The number of ether oxygens (including phenoxy) is 2. The van der Waals surface area contributed by atoms with Gasteiger partial charge in [-0.05, 0) is 71.2 Å². The number of carbonyl (C=O) groups excluding carboxylic acids is 2. The van der Waals surface area contributed by atoms with E-state index < -0.39 is 5.60 Å². The molecule has 3 aromatic rings. The monoisotopic (exact) mass is 538 g/mol. The van der Waals surface area contributed by atoms with Gasteiger partial charge in [-0.3, -0.25) is 4.79 Å². The van der Waals surface area contributed by atoms with Gasteiger partial charge in [-0.1, -0.05) is 29.3 Å². The summed E-state index contributed by atoms with van der Waals surface area (Å²) < 4.78 is 12.8. The van der Waals surface area contributed by atoms with E-state index in [0.29, 0.717) is 48.0 Å². The van der Waals surface area contributed by atoms with Gasteiger partial charge in [-0.25, -0.2) is 9.48 Å². The Labute approximate surface area is 228 Å². The third kappa shape index (κ3) is 6.13. The highest BCUT2D eigenvalue weighted by Gasteiger charge is 2.32. The molecule has 1 aliphatic rings. The number of likely N-dealkylation sites (tertiary alicyclic amines) is 1. The van der Waals surface area contributed by atoms with Gasteiger partial charge in [0.05, 0.1) is 35.9 Å². The number of hydrogen-bond donors (Lipinski definition) is 1. The van der Waals surface area contributed by atoms with Gasteiger partial charge in [0.2, 0.25) is 0 Å². The van der Waals surface area contributed by atoms with Crippen molar-refractivity contribution in [2.75, 3.05) is 25.5 Å². The van der Waals surface area contributed by atoms with Crippen molar-refractivity contribution in [1.82, 2.24) is 14.7 Å². The summed E-state index contributed by atoms with van der Waals surface area (Å²) in [5.41, 5.74) is 4.12. The van der Waals surface area contributed by atoms with Crippen LogP contribution in [0.1, 0.15) is 66.7 Å². The predicted molar refractivity (Wildman–Crippen MR) is 149 cm³/mol. The number of halogens is 1. The zero-order valence-corrected chi connectivity index (χ0v) is 23.6. The number of nitrogens with one attached hydrogen (secondary N) is 1. The lowest BCUT2D eigenvalue weighted by Crippen LogP contribution is -2.41. The van der Waals surface area contributed by atoms with E-state index in [4.69, 9.17) is 21.1 Å². The summed E-state index contributed by atoms with van der Waals surface area (Å²) in [7, 11) is 1.54. The minimum atomic E-state index is -0.551. The Balaban J connectivity index is 1.65. The highest BCUT2D eigenvalue weighted by molar-refractivity contribution is 6.31. The maximum atomic E-state index is 13.6. The topological polar surface area (TPSA) is 85.7 Å². The molecule has 1 N–H and O–H groups in total. The van der Waals surface area contributed by atoms with Crippen LogP contribution < -0.4 is 10.1 Å². The number of rotatable bonds is 5. The van der Waals surface area contributed by atoms with Gasteiger partial charge in [0.1, 0.15) is 11.4 Å². The number of amides is 2. The Morgan fingerprint density at radius 1 is 1.08 bits per heavy atom. The summed E-state index contributed by atoms with van der Waals surface area (Å²) in [6, 6.07) is 11.5. The number of carbonyl (C=O) groups is 2. The number of anilines is 1. The average Bonchev–Trinajstić information content (AvgIpc) is 3.31. The summed E-state index contributed by atoms with van der Waals surface area (Å²) in [4.78, 5) is 28.0. The summed E-state index contributed by atoms with van der Waals surface area (Å²) in [5.74, 6) is 0.215. The zero-order chi connectivity index (χ0) is 27.6. The molecule has 1 saturated heterocycles. The third-order valence-corrected chi connectivity index (χ3v) is 7.00. The highest BCUT2D eigenvalue weighted by atomic mass is 35.5. The Hall–Kier alpha value is -3.52. The third-order valence-electron chi connectivity index (χ3n) is 6.59. The molecule has 0 aliphatic carbocycles. The first-order valence-electron chi connectivity index (χ1n) is 12.7. The lowest BCUT2D eigenvalue weighted by molar-refractivity contribution is 0.0203. The van der Waals surface area contributed by atoms with E-state index in [1.54, 1.807) is 23.2 Å². The first kappa shape index (κ1) is 27.5. The van der Waals surface area contributed by atoms with Crippen LogP contribution in [0.4, 0.5) is 10.5 Å². The van der Waals surface area contributed by atoms with E-state index in [1.165, 1.54) is 7.11 Å².